The zero-order chi connectivity index (χ0) is 14.0. The van der Waals surface area contributed by atoms with Gasteiger partial charge in [-0.3, -0.25) is 0 Å². The predicted octanol–water partition coefficient (Wildman–Crippen LogP) is 2.56. The van der Waals surface area contributed by atoms with Gasteiger partial charge in [0.15, 0.2) is 0 Å². The number of anilines is 1. The average Bonchev–Trinajstić information content (AvgIpc) is 2.49. The van der Waals surface area contributed by atoms with Crippen molar-refractivity contribution in [3.05, 3.63) is 29.8 Å². The van der Waals surface area contributed by atoms with Gasteiger partial charge in [-0.1, -0.05) is 37.5 Å². The van der Waals surface area contributed by atoms with E-state index in [1.807, 2.05) is 0 Å². The summed E-state index contributed by atoms with van der Waals surface area (Å²) < 4.78 is 0. The van der Waals surface area contributed by atoms with Gasteiger partial charge >= 0.3 is 0 Å². The van der Waals surface area contributed by atoms with Crippen LogP contribution in [0.15, 0.2) is 24.3 Å². The van der Waals surface area contributed by atoms with Gasteiger partial charge in [0, 0.05) is 37.4 Å². The van der Waals surface area contributed by atoms with Crippen molar-refractivity contribution in [1.82, 2.24) is 4.90 Å². The Kier molecular flexibility index (Phi) is 3.99. The van der Waals surface area contributed by atoms with Crippen LogP contribution in [0.4, 0.5) is 5.69 Å². The highest BCUT2D eigenvalue weighted by atomic mass is 15.2. The molecule has 1 aliphatic carbocycles. The Morgan fingerprint density at radius 2 is 1.60 bits per heavy atom. The van der Waals surface area contributed by atoms with Gasteiger partial charge in [-0.25, -0.2) is 0 Å². The molecular formula is C17H27N3. The van der Waals surface area contributed by atoms with Crippen molar-refractivity contribution in [2.75, 3.05) is 38.1 Å². The second kappa shape index (κ2) is 5.74. The maximum Gasteiger partial charge on any atom is 0.0430 e. The highest BCUT2D eigenvalue weighted by molar-refractivity contribution is 5.57. The zero-order valence-electron chi connectivity index (χ0n) is 12.6. The highest BCUT2D eigenvalue weighted by Crippen LogP contribution is 2.39. The Balaban J connectivity index is 1.88. The molecule has 2 fully saturated rings. The molecule has 1 aliphatic heterocycles. The van der Waals surface area contributed by atoms with Crippen molar-refractivity contribution in [3.63, 3.8) is 0 Å². The summed E-state index contributed by atoms with van der Waals surface area (Å²) in [6, 6.07) is 8.84. The minimum Gasteiger partial charge on any atom is -0.369 e. The number of para-hydroxylation sites is 1. The lowest BCUT2D eigenvalue weighted by molar-refractivity contribution is 0.296. The van der Waals surface area contributed by atoms with E-state index in [9.17, 15) is 0 Å². The van der Waals surface area contributed by atoms with Crippen LogP contribution < -0.4 is 10.6 Å². The zero-order valence-corrected chi connectivity index (χ0v) is 12.6. The van der Waals surface area contributed by atoms with E-state index in [0.29, 0.717) is 0 Å². The van der Waals surface area contributed by atoms with Crippen molar-refractivity contribution >= 4 is 5.69 Å². The Hall–Kier alpha value is -1.06. The van der Waals surface area contributed by atoms with Crippen molar-refractivity contribution in [3.8, 4) is 0 Å². The fraction of sp³-hybridized carbons (Fsp3) is 0.647. The molecule has 1 saturated heterocycles. The van der Waals surface area contributed by atoms with Gasteiger partial charge in [-0.15, -0.1) is 0 Å². The summed E-state index contributed by atoms with van der Waals surface area (Å²) in [6.07, 6.45) is 6.16. The molecule has 1 aromatic rings. The normalized spacial score (nSPS) is 23.8. The van der Waals surface area contributed by atoms with Gasteiger partial charge in [-0.2, -0.15) is 0 Å². The molecule has 0 unspecified atom stereocenters. The van der Waals surface area contributed by atoms with Gasteiger partial charge in [0.2, 0.25) is 0 Å². The number of hydrogen-bond donors (Lipinski definition) is 1. The summed E-state index contributed by atoms with van der Waals surface area (Å²) in [5, 5.41) is 0. The van der Waals surface area contributed by atoms with Crippen molar-refractivity contribution in [1.29, 1.82) is 0 Å². The number of likely N-dealkylation sites (N-methyl/N-ethyl adjacent to an activating group) is 1. The Bertz CT molecular complexity index is 443. The van der Waals surface area contributed by atoms with Crippen LogP contribution in [0, 0.1) is 0 Å². The van der Waals surface area contributed by atoms with Crippen LogP contribution in [-0.4, -0.2) is 38.1 Å². The van der Waals surface area contributed by atoms with Gasteiger partial charge < -0.3 is 15.5 Å². The third kappa shape index (κ3) is 2.70. The standard InChI is InChI=1S/C17H27N3/c1-19-11-13-20(14-12-19)16-8-4-3-7-15(16)17(18)9-5-2-6-10-17/h3-4,7-8H,2,5-6,9-14,18H2,1H3. The first-order valence-electron chi connectivity index (χ1n) is 8.01. The van der Waals surface area contributed by atoms with Gasteiger partial charge in [0.1, 0.15) is 0 Å². The molecule has 20 heavy (non-hydrogen) atoms. The summed E-state index contributed by atoms with van der Waals surface area (Å²) in [5.41, 5.74) is 9.44. The lowest BCUT2D eigenvalue weighted by Gasteiger charge is -2.40. The number of nitrogens with two attached hydrogens (primary N) is 1. The molecule has 110 valence electrons. The van der Waals surface area contributed by atoms with Crippen LogP contribution in [-0.2, 0) is 5.54 Å². The predicted molar refractivity (Wildman–Crippen MR) is 85.1 cm³/mol. The highest BCUT2D eigenvalue weighted by Gasteiger charge is 2.32. The number of piperazine rings is 1. The molecule has 0 atom stereocenters. The number of nitrogens with zero attached hydrogens (tertiary/aromatic N) is 2. The van der Waals surface area contributed by atoms with E-state index in [4.69, 9.17) is 5.73 Å². The lowest BCUT2D eigenvalue weighted by atomic mass is 9.76. The third-order valence-corrected chi connectivity index (χ3v) is 5.03. The first-order valence-corrected chi connectivity index (χ1v) is 8.01. The molecule has 1 heterocycles. The summed E-state index contributed by atoms with van der Waals surface area (Å²) in [7, 11) is 2.20. The van der Waals surface area contributed by atoms with Gasteiger partial charge in [0.25, 0.3) is 0 Å². The van der Waals surface area contributed by atoms with E-state index in [2.05, 4.69) is 41.1 Å². The lowest BCUT2D eigenvalue weighted by Crippen LogP contribution is -2.46. The molecule has 1 saturated carbocycles. The molecule has 0 radical (unpaired) electrons. The number of benzene rings is 1. The number of hydrogen-bond acceptors (Lipinski definition) is 3. The van der Waals surface area contributed by atoms with E-state index in [0.717, 1.165) is 39.0 Å². The molecule has 0 aromatic heterocycles. The minimum absolute atomic E-state index is 0.0990. The number of rotatable bonds is 2. The minimum atomic E-state index is -0.0990. The third-order valence-electron chi connectivity index (χ3n) is 5.03. The maximum absolute atomic E-state index is 6.78. The van der Waals surface area contributed by atoms with E-state index in [-0.39, 0.29) is 5.54 Å². The SMILES string of the molecule is CN1CCN(c2ccccc2C2(N)CCCCC2)CC1. The second-order valence-corrected chi connectivity index (χ2v) is 6.52. The molecule has 0 amide bonds. The molecule has 2 N–H and O–H groups in total. The smallest absolute Gasteiger partial charge is 0.0430 e. The van der Waals surface area contributed by atoms with E-state index in [1.165, 1.54) is 30.5 Å². The second-order valence-electron chi connectivity index (χ2n) is 6.52. The van der Waals surface area contributed by atoms with Crippen molar-refractivity contribution < 1.29 is 0 Å². The fourth-order valence-electron chi connectivity index (χ4n) is 3.67. The van der Waals surface area contributed by atoms with E-state index < -0.39 is 0 Å². The van der Waals surface area contributed by atoms with Crippen molar-refractivity contribution in [2.24, 2.45) is 5.73 Å². The van der Waals surface area contributed by atoms with Crippen LogP contribution in [0.25, 0.3) is 0 Å². The molecule has 2 aliphatic rings. The molecule has 0 spiro atoms. The van der Waals surface area contributed by atoms with Crippen molar-refractivity contribution in [2.45, 2.75) is 37.6 Å². The Morgan fingerprint density at radius 3 is 2.30 bits per heavy atom. The Labute approximate surface area is 122 Å². The summed E-state index contributed by atoms with van der Waals surface area (Å²) in [4.78, 5) is 4.93. The van der Waals surface area contributed by atoms with Crippen LogP contribution in [0.3, 0.4) is 0 Å². The van der Waals surface area contributed by atoms with E-state index in [1.54, 1.807) is 0 Å². The average molecular weight is 273 g/mol. The van der Waals surface area contributed by atoms with Crippen LogP contribution in [0.2, 0.25) is 0 Å². The Morgan fingerprint density at radius 1 is 0.950 bits per heavy atom. The molecule has 3 heteroatoms. The molecule has 0 bridgehead atoms. The largest absolute Gasteiger partial charge is 0.369 e. The molecule has 1 aromatic carbocycles. The summed E-state index contributed by atoms with van der Waals surface area (Å²) in [5.74, 6) is 0. The molecule has 3 nitrogen and oxygen atoms in total. The van der Waals surface area contributed by atoms with Gasteiger partial charge in [-0.05, 0) is 31.5 Å². The van der Waals surface area contributed by atoms with Crippen LogP contribution in [0.1, 0.15) is 37.7 Å². The van der Waals surface area contributed by atoms with Crippen LogP contribution in [0.5, 0.6) is 0 Å². The summed E-state index contributed by atoms with van der Waals surface area (Å²) >= 11 is 0. The van der Waals surface area contributed by atoms with E-state index >= 15 is 0 Å². The fourth-order valence-corrected chi connectivity index (χ4v) is 3.67. The molecule has 3 rings (SSSR count). The van der Waals surface area contributed by atoms with Crippen LogP contribution >= 0.6 is 0 Å². The monoisotopic (exact) mass is 273 g/mol. The molecular weight excluding hydrogens is 246 g/mol. The topological polar surface area (TPSA) is 32.5 Å². The van der Waals surface area contributed by atoms with Gasteiger partial charge in [0.05, 0.1) is 0 Å². The first-order chi connectivity index (χ1) is 9.69. The maximum atomic E-state index is 6.78. The first kappa shape index (κ1) is 13.9. The quantitative estimate of drug-likeness (QED) is 0.899. The summed E-state index contributed by atoms with van der Waals surface area (Å²) in [6.45, 7) is 4.52.